The van der Waals surface area contributed by atoms with Gasteiger partial charge in [0.15, 0.2) is 0 Å². The summed E-state index contributed by atoms with van der Waals surface area (Å²) in [5.41, 5.74) is 1.93. The van der Waals surface area contributed by atoms with Gasteiger partial charge in [-0.05, 0) is 49.2 Å². The van der Waals surface area contributed by atoms with E-state index in [2.05, 4.69) is 15.6 Å². The Bertz CT molecular complexity index is 1480. The van der Waals surface area contributed by atoms with Gasteiger partial charge in [0.1, 0.15) is 17.1 Å². The minimum atomic E-state index is -0.395. The van der Waals surface area contributed by atoms with Gasteiger partial charge in [0.05, 0.1) is 29.4 Å². The predicted molar refractivity (Wildman–Crippen MR) is 134 cm³/mol. The average Bonchev–Trinajstić information content (AvgIpc) is 3.16. The topological polar surface area (TPSA) is 102 Å². The first-order chi connectivity index (χ1) is 16.3. The highest BCUT2D eigenvalue weighted by Gasteiger charge is 2.21. The van der Waals surface area contributed by atoms with Crippen molar-refractivity contribution in [2.45, 2.75) is 20.4 Å². The van der Waals surface area contributed by atoms with Crippen molar-refractivity contribution in [1.82, 2.24) is 9.55 Å². The number of aryl methyl sites for hydroxylation is 1. The molecule has 34 heavy (non-hydrogen) atoms. The SMILES string of the molecule is COc1ccccc1NC(=O)c1sc2ncn(CC(=O)Nc3cccc(Cl)c3C)c(=O)c2c1C. The van der Waals surface area contributed by atoms with Crippen molar-refractivity contribution in [2.75, 3.05) is 17.7 Å². The summed E-state index contributed by atoms with van der Waals surface area (Å²) >= 11 is 7.23. The van der Waals surface area contributed by atoms with Crippen LogP contribution in [0.3, 0.4) is 0 Å². The van der Waals surface area contributed by atoms with E-state index in [1.54, 1.807) is 56.3 Å². The van der Waals surface area contributed by atoms with Crippen LogP contribution in [0, 0.1) is 13.8 Å². The van der Waals surface area contributed by atoms with Gasteiger partial charge in [-0.1, -0.05) is 29.8 Å². The van der Waals surface area contributed by atoms with Gasteiger partial charge in [0.2, 0.25) is 5.91 Å². The van der Waals surface area contributed by atoms with Crippen molar-refractivity contribution in [3.63, 3.8) is 0 Å². The Balaban J connectivity index is 1.60. The number of ether oxygens (including phenoxy) is 1. The van der Waals surface area contributed by atoms with Crippen molar-refractivity contribution in [1.29, 1.82) is 0 Å². The summed E-state index contributed by atoms with van der Waals surface area (Å²) in [6.45, 7) is 3.26. The second-order valence-corrected chi connectivity index (χ2v) is 8.94. The first-order valence-electron chi connectivity index (χ1n) is 10.3. The van der Waals surface area contributed by atoms with Gasteiger partial charge in [-0.2, -0.15) is 0 Å². The van der Waals surface area contributed by atoms with E-state index < -0.39 is 11.5 Å². The number of carbonyl (C=O) groups is 2. The summed E-state index contributed by atoms with van der Waals surface area (Å²) in [7, 11) is 1.52. The lowest BCUT2D eigenvalue weighted by Crippen LogP contribution is -2.28. The molecule has 0 saturated carbocycles. The number of halogens is 1. The molecule has 4 aromatic rings. The smallest absolute Gasteiger partial charge is 0.266 e. The van der Waals surface area contributed by atoms with E-state index in [0.29, 0.717) is 42.8 Å². The third kappa shape index (κ3) is 4.52. The number of nitrogens with zero attached hydrogens (tertiary/aromatic N) is 2. The molecule has 0 aliphatic rings. The van der Waals surface area contributed by atoms with Crippen molar-refractivity contribution in [2.24, 2.45) is 0 Å². The highest BCUT2D eigenvalue weighted by atomic mass is 35.5. The number of thiophene rings is 1. The van der Waals surface area contributed by atoms with Gasteiger partial charge in [0.25, 0.3) is 11.5 Å². The Morgan fingerprint density at radius 1 is 1.06 bits per heavy atom. The number of amides is 2. The molecule has 0 spiro atoms. The molecular weight excluding hydrogens is 476 g/mol. The quantitative estimate of drug-likeness (QED) is 0.405. The highest BCUT2D eigenvalue weighted by molar-refractivity contribution is 7.20. The van der Waals surface area contributed by atoms with E-state index >= 15 is 0 Å². The van der Waals surface area contributed by atoms with Gasteiger partial charge < -0.3 is 15.4 Å². The minimum absolute atomic E-state index is 0.230. The Morgan fingerprint density at radius 3 is 2.56 bits per heavy atom. The van der Waals surface area contributed by atoms with Crippen LogP contribution in [0.1, 0.15) is 20.8 Å². The third-order valence-electron chi connectivity index (χ3n) is 5.33. The summed E-state index contributed by atoms with van der Waals surface area (Å²) in [5.74, 6) is -0.239. The summed E-state index contributed by atoms with van der Waals surface area (Å²) in [6, 6.07) is 12.3. The van der Waals surface area contributed by atoms with Crippen LogP contribution in [0.5, 0.6) is 5.75 Å². The lowest BCUT2D eigenvalue weighted by molar-refractivity contribution is -0.116. The van der Waals surface area contributed by atoms with E-state index in [-0.39, 0.29) is 12.5 Å². The van der Waals surface area contributed by atoms with Crippen molar-refractivity contribution in [3.8, 4) is 5.75 Å². The molecule has 0 aliphatic carbocycles. The maximum atomic E-state index is 13.1. The molecule has 2 heterocycles. The molecular formula is C24H21ClN4O4S. The number of hydrogen-bond acceptors (Lipinski definition) is 6. The molecule has 4 rings (SSSR count). The zero-order valence-electron chi connectivity index (χ0n) is 18.6. The molecule has 2 N–H and O–H groups in total. The van der Waals surface area contributed by atoms with E-state index in [1.165, 1.54) is 18.0 Å². The van der Waals surface area contributed by atoms with Crippen molar-refractivity contribution in [3.05, 3.63) is 80.2 Å². The fourth-order valence-corrected chi connectivity index (χ4v) is 4.71. The number of aromatic nitrogens is 2. The van der Waals surface area contributed by atoms with E-state index in [4.69, 9.17) is 16.3 Å². The lowest BCUT2D eigenvalue weighted by atomic mass is 10.2. The predicted octanol–water partition coefficient (Wildman–Crippen LogP) is 4.63. The maximum Gasteiger partial charge on any atom is 0.266 e. The van der Waals surface area contributed by atoms with E-state index in [1.807, 2.05) is 0 Å². The van der Waals surface area contributed by atoms with Crippen LogP contribution in [0.2, 0.25) is 5.02 Å². The first kappa shape index (κ1) is 23.5. The lowest BCUT2D eigenvalue weighted by Gasteiger charge is -2.10. The van der Waals surface area contributed by atoms with Crippen LogP contribution < -0.4 is 20.9 Å². The molecule has 0 aliphatic heterocycles. The summed E-state index contributed by atoms with van der Waals surface area (Å²) in [4.78, 5) is 43.8. The number of benzene rings is 2. The van der Waals surface area contributed by atoms with Gasteiger partial charge in [0, 0.05) is 10.7 Å². The maximum absolute atomic E-state index is 13.1. The van der Waals surface area contributed by atoms with Crippen LogP contribution >= 0.6 is 22.9 Å². The van der Waals surface area contributed by atoms with Gasteiger partial charge in [-0.25, -0.2) is 4.98 Å². The van der Waals surface area contributed by atoms with E-state index in [0.717, 1.165) is 16.9 Å². The second-order valence-electron chi connectivity index (χ2n) is 7.53. The summed E-state index contributed by atoms with van der Waals surface area (Å²) in [5, 5.41) is 6.43. The van der Waals surface area contributed by atoms with Gasteiger partial charge in [-0.15, -0.1) is 11.3 Å². The zero-order chi connectivity index (χ0) is 24.4. The molecule has 0 fully saturated rings. The molecule has 2 aromatic heterocycles. The molecule has 2 aromatic carbocycles. The van der Waals surface area contributed by atoms with E-state index in [9.17, 15) is 14.4 Å². The third-order valence-corrected chi connectivity index (χ3v) is 6.94. The minimum Gasteiger partial charge on any atom is -0.495 e. The highest BCUT2D eigenvalue weighted by Crippen LogP contribution is 2.30. The Hall–Kier alpha value is -3.69. The number of hydrogen-bond donors (Lipinski definition) is 2. The number of rotatable bonds is 6. The number of fused-ring (bicyclic) bond motifs is 1. The monoisotopic (exact) mass is 496 g/mol. The molecule has 8 nitrogen and oxygen atoms in total. The fraction of sp³-hybridized carbons (Fsp3) is 0.167. The van der Waals surface area contributed by atoms with Gasteiger partial charge >= 0.3 is 0 Å². The number of nitrogens with one attached hydrogen (secondary N) is 2. The number of para-hydroxylation sites is 2. The van der Waals surface area contributed by atoms with Crippen LogP contribution in [0.25, 0.3) is 10.2 Å². The molecule has 10 heteroatoms. The zero-order valence-corrected chi connectivity index (χ0v) is 20.2. The van der Waals surface area contributed by atoms with Crippen LogP contribution in [0.15, 0.2) is 53.6 Å². The van der Waals surface area contributed by atoms with Crippen molar-refractivity contribution >= 4 is 56.3 Å². The summed E-state index contributed by atoms with van der Waals surface area (Å²) in [6.07, 6.45) is 1.31. The van der Waals surface area contributed by atoms with Crippen LogP contribution in [-0.4, -0.2) is 28.5 Å². The van der Waals surface area contributed by atoms with Crippen LogP contribution in [-0.2, 0) is 11.3 Å². The van der Waals surface area contributed by atoms with Gasteiger partial charge in [-0.3, -0.25) is 19.0 Å². The molecule has 2 amide bonds. The second kappa shape index (κ2) is 9.66. The number of methoxy groups -OCH3 is 1. The number of carbonyl (C=O) groups excluding carboxylic acids is 2. The largest absolute Gasteiger partial charge is 0.495 e. The molecule has 0 unspecified atom stereocenters. The fourth-order valence-electron chi connectivity index (χ4n) is 3.50. The Labute approximate surface area is 204 Å². The molecule has 0 saturated heterocycles. The number of anilines is 2. The molecule has 174 valence electrons. The molecule has 0 bridgehead atoms. The average molecular weight is 497 g/mol. The summed E-state index contributed by atoms with van der Waals surface area (Å²) < 4.78 is 6.50. The van der Waals surface area contributed by atoms with Crippen molar-refractivity contribution < 1.29 is 14.3 Å². The Morgan fingerprint density at radius 2 is 1.79 bits per heavy atom. The van der Waals surface area contributed by atoms with Crippen LogP contribution in [0.4, 0.5) is 11.4 Å². The normalized spacial score (nSPS) is 10.8. The Kier molecular flexibility index (Phi) is 6.67. The standard InChI is InChI=1S/C24H21ClN4O4S/c1-13-15(25)7-6-9-16(13)27-19(30)11-29-12-26-23-20(24(29)32)14(2)21(34-23)22(31)28-17-8-4-5-10-18(17)33-3/h4-10,12H,11H2,1-3H3,(H,27,30)(H,28,31). The first-order valence-corrected chi connectivity index (χ1v) is 11.5. The molecule has 0 radical (unpaired) electrons. The molecule has 0 atom stereocenters.